The molecular weight excluding hydrogens is 329 g/mol. The van der Waals surface area contributed by atoms with Crippen molar-refractivity contribution >= 4 is 16.7 Å². The third-order valence-electron chi connectivity index (χ3n) is 4.60. The highest BCUT2D eigenvalue weighted by Gasteiger charge is 2.48. The molecule has 0 spiro atoms. The largest absolute Gasteiger partial charge is 0.409 e. The Hall–Kier alpha value is -2.08. The first kappa shape index (κ1) is 17.7. The minimum atomic E-state index is -4.48. The number of aryl methyl sites for hydroxylation is 1. The lowest BCUT2D eigenvalue weighted by atomic mass is 9.90. The van der Waals surface area contributed by atoms with Gasteiger partial charge in [-0.1, -0.05) is 49.7 Å². The van der Waals surface area contributed by atoms with Crippen molar-refractivity contribution in [2.45, 2.75) is 44.8 Å². The summed E-state index contributed by atoms with van der Waals surface area (Å²) < 4.78 is 42.1. The summed E-state index contributed by atoms with van der Waals surface area (Å²) in [6.45, 7) is 2.07. The van der Waals surface area contributed by atoms with Crippen molar-refractivity contribution in [1.82, 2.24) is 10.4 Å². The Kier molecular flexibility index (Phi) is 4.99. The molecule has 1 aliphatic heterocycles. The standard InChI is InChI=1S/C19H21F3N2O/c1-2-3-6-14-10-9-13-7-4-5-8-15(13)17(14)18(19(20,21)22)24-12-11-16(25)23-24/h4-5,7-10,18H,2-3,6,11-12H2,1H3,(H,23,25)/t18-/m0/s1. The molecule has 3 nitrogen and oxygen atoms in total. The van der Waals surface area contributed by atoms with Crippen molar-refractivity contribution in [1.29, 1.82) is 0 Å². The summed E-state index contributed by atoms with van der Waals surface area (Å²) in [5.41, 5.74) is 3.34. The van der Waals surface area contributed by atoms with Gasteiger partial charge in [0.15, 0.2) is 6.04 Å². The molecule has 6 heteroatoms. The van der Waals surface area contributed by atoms with Gasteiger partial charge in [0.1, 0.15) is 0 Å². The van der Waals surface area contributed by atoms with E-state index in [0.29, 0.717) is 17.4 Å². The van der Waals surface area contributed by atoms with Crippen molar-refractivity contribution in [2.24, 2.45) is 0 Å². The van der Waals surface area contributed by atoms with Crippen LogP contribution in [0.1, 0.15) is 43.4 Å². The zero-order valence-electron chi connectivity index (χ0n) is 14.1. The van der Waals surface area contributed by atoms with E-state index in [4.69, 9.17) is 0 Å². The summed E-state index contributed by atoms with van der Waals surface area (Å²) in [4.78, 5) is 11.5. The second-order valence-electron chi connectivity index (χ2n) is 6.39. The van der Waals surface area contributed by atoms with E-state index >= 15 is 0 Å². The Morgan fingerprint density at radius 3 is 2.60 bits per heavy atom. The molecule has 1 atom stereocenters. The minimum Gasteiger partial charge on any atom is -0.288 e. The number of carbonyl (C=O) groups is 1. The van der Waals surface area contributed by atoms with Gasteiger partial charge in [0, 0.05) is 13.0 Å². The minimum absolute atomic E-state index is 0.0550. The van der Waals surface area contributed by atoms with Gasteiger partial charge >= 0.3 is 6.18 Å². The summed E-state index contributed by atoms with van der Waals surface area (Å²) >= 11 is 0. The molecule has 134 valence electrons. The van der Waals surface area contributed by atoms with Gasteiger partial charge in [0.25, 0.3) is 0 Å². The molecule has 0 aliphatic carbocycles. The molecule has 1 saturated heterocycles. The first-order valence-electron chi connectivity index (χ1n) is 8.55. The van der Waals surface area contributed by atoms with Gasteiger partial charge < -0.3 is 0 Å². The third-order valence-corrected chi connectivity index (χ3v) is 4.60. The monoisotopic (exact) mass is 350 g/mol. The van der Waals surface area contributed by atoms with Crippen molar-refractivity contribution in [2.75, 3.05) is 6.54 Å². The fraction of sp³-hybridized carbons (Fsp3) is 0.421. The van der Waals surface area contributed by atoms with Crippen LogP contribution >= 0.6 is 0 Å². The summed E-state index contributed by atoms with van der Waals surface area (Å²) in [5.74, 6) is -0.371. The zero-order chi connectivity index (χ0) is 18.0. The number of rotatable bonds is 5. The fourth-order valence-corrected chi connectivity index (χ4v) is 3.43. The molecule has 0 saturated carbocycles. The Bertz CT molecular complexity index is 773. The highest BCUT2D eigenvalue weighted by atomic mass is 19.4. The lowest BCUT2D eigenvalue weighted by Crippen LogP contribution is -2.44. The molecule has 1 amide bonds. The molecule has 1 fully saturated rings. The number of hydrogen-bond donors (Lipinski definition) is 1. The van der Waals surface area contributed by atoms with Crippen LogP contribution in [0.15, 0.2) is 36.4 Å². The molecule has 25 heavy (non-hydrogen) atoms. The number of amides is 1. The predicted octanol–water partition coefficient (Wildman–Crippen LogP) is 4.52. The molecule has 1 aliphatic rings. The van der Waals surface area contributed by atoms with Gasteiger partial charge in [0.05, 0.1) is 0 Å². The fourth-order valence-electron chi connectivity index (χ4n) is 3.43. The first-order valence-corrected chi connectivity index (χ1v) is 8.55. The molecule has 2 aromatic rings. The van der Waals surface area contributed by atoms with Gasteiger partial charge in [0.2, 0.25) is 5.91 Å². The van der Waals surface area contributed by atoms with E-state index in [1.807, 2.05) is 25.1 Å². The molecular formula is C19H21F3N2O. The van der Waals surface area contributed by atoms with Gasteiger partial charge in [-0.3, -0.25) is 10.2 Å². The maximum Gasteiger partial charge on any atom is 0.409 e. The third kappa shape index (κ3) is 3.63. The van der Waals surface area contributed by atoms with E-state index in [-0.39, 0.29) is 24.4 Å². The average Bonchev–Trinajstić information content (AvgIpc) is 2.98. The van der Waals surface area contributed by atoms with Crippen molar-refractivity contribution in [3.63, 3.8) is 0 Å². The SMILES string of the molecule is CCCCc1ccc2ccccc2c1[C@H](N1CCC(=O)N1)C(F)(F)F. The zero-order valence-corrected chi connectivity index (χ0v) is 14.1. The number of halogens is 3. The van der Waals surface area contributed by atoms with Gasteiger partial charge in [-0.15, -0.1) is 0 Å². The maximum absolute atomic E-state index is 14.0. The number of alkyl halides is 3. The molecule has 1 N–H and O–H groups in total. The van der Waals surface area contributed by atoms with Crippen LogP contribution in [0.5, 0.6) is 0 Å². The van der Waals surface area contributed by atoms with Crippen molar-refractivity contribution in [3.05, 3.63) is 47.5 Å². The summed E-state index contributed by atoms with van der Waals surface area (Å²) in [7, 11) is 0. The van der Waals surface area contributed by atoms with E-state index in [0.717, 1.165) is 23.2 Å². The Balaban J connectivity index is 2.18. The van der Waals surface area contributed by atoms with Crippen LogP contribution in [0.2, 0.25) is 0 Å². The second-order valence-corrected chi connectivity index (χ2v) is 6.39. The first-order chi connectivity index (χ1) is 11.9. The van der Waals surface area contributed by atoms with Crippen LogP contribution in [-0.4, -0.2) is 23.6 Å². The lowest BCUT2D eigenvalue weighted by Gasteiger charge is -2.31. The van der Waals surface area contributed by atoms with Crippen LogP contribution < -0.4 is 5.43 Å². The topological polar surface area (TPSA) is 32.3 Å². The van der Waals surface area contributed by atoms with E-state index in [2.05, 4.69) is 5.43 Å². The summed E-state index contributed by atoms with van der Waals surface area (Å²) in [5, 5.41) is 2.41. The smallest absolute Gasteiger partial charge is 0.288 e. The lowest BCUT2D eigenvalue weighted by molar-refractivity contribution is -0.190. The van der Waals surface area contributed by atoms with Crippen LogP contribution in [-0.2, 0) is 11.2 Å². The number of benzene rings is 2. The molecule has 2 aromatic carbocycles. The average molecular weight is 350 g/mol. The second kappa shape index (κ2) is 7.04. The molecule has 1 heterocycles. The van der Waals surface area contributed by atoms with Gasteiger partial charge in [-0.25, -0.2) is 5.01 Å². The van der Waals surface area contributed by atoms with Crippen LogP contribution in [0.4, 0.5) is 13.2 Å². The summed E-state index contributed by atoms with van der Waals surface area (Å²) in [6.07, 6.45) is -2.08. The molecule has 0 radical (unpaired) electrons. The molecule has 0 aromatic heterocycles. The van der Waals surface area contributed by atoms with Crippen molar-refractivity contribution < 1.29 is 18.0 Å². The number of nitrogens with one attached hydrogen (secondary N) is 1. The molecule has 0 bridgehead atoms. The highest BCUT2D eigenvalue weighted by Crippen LogP contribution is 2.42. The van der Waals surface area contributed by atoms with E-state index in [1.54, 1.807) is 18.2 Å². The summed E-state index contributed by atoms with van der Waals surface area (Å²) in [6, 6.07) is 8.96. The maximum atomic E-state index is 14.0. The Labute approximate surface area is 144 Å². The Morgan fingerprint density at radius 1 is 1.20 bits per heavy atom. The number of fused-ring (bicyclic) bond motifs is 1. The van der Waals surface area contributed by atoms with E-state index in [9.17, 15) is 18.0 Å². The highest BCUT2D eigenvalue weighted by molar-refractivity contribution is 5.87. The van der Waals surface area contributed by atoms with Crippen molar-refractivity contribution in [3.8, 4) is 0 Å². The number of unbranched alkanes of at least 4 members (excludes halogenated alkanes) is 1. The number of nitrogens with zero attached hydrogens (tertiary/aromatic N) is 1. The van der Waals surface area contributed by atoms with Gasteiger partial charge in [-0.2, -0.15) is 13.2 Å². The van der Waals surface area contributed by atoms with E-state index in [1.165, 1.54) is 0 Å². The normalized spacial score (nSPS) is 17.0. The van der Waals surface area contributed by atoms with Gasteiger partial charge in [-0.05, 0) is 34.7 Å². The predicted molar refractivity (Wildman–Crippen MR) is 90.8 cm³/mol. The number of hydrogen-bond acceptors (Lipinski definition) is 2. The van der Waals surface area contributed by atoms with Crippen LogP contribution in [0, 0.1) is 0 Å². The molecule has 3 rings (SSSR count). The Morgan fingerprint density at radius 2 is 1.96 bits per heavy atom. The number of carbonyl (C=O) groups excluding carboxylic acids is 1. The van der Waals surface area contributed by atoms with E-state index < -0.39 is 12.2 Å². The van der Waals surface area contributed by atoms with Crippen LogP contribution in [0.3, 0.4) is 0 Å². The number of hydrazine groups is 1. The van der Waals surface area contributed by atoms with Crippen LogP contribution in [0.25, 0.3) is 10.8 Å². The molecule has 0 unspecified atom stereocenters. The quantitative estimate of drug-likeness (QED) is 0.860.